The van der Waals surface area contributed by atoms with Crippen LogP contribution in [0.1, 0.15) is 24.1 Å². The molecule has 0 saturated heterocycles. The third kappa shape index (κ3) is 3.98. The maximum absolute atomic E-state index is 5.41. The van der Waals surface area contributed by atoms with Crippen molar-refractivity contribution in [3.8, 4) is 11.5 Å². The first kappa shape index (κ1) is 16.2. The molecule has 5 heteroatoms. The lowest BCUT2D eigenvalue weighted by atomic mass is 10.1. The van der Waals surface area contributed by atoms with Gasteiger partial charge in [0, 0.05) is 13.6 Å². The Kier molecular flexibility index (Phi) is 5.21. The molecular formula is C19H23N3O2. The first-order valence-electron chi connectivity index (χ1n) is 8.17. The van der Waals surface area contributed by atoms with E-state index in [0.717, 1.165) is 30.4 Å². The van der Waals surface area contributed by atoms with Crippen LogP contribution < -0.4 is 20.1 Å². The highest BCUT2D eigenvalue weighted by Gasteiger charge is 2.13. The van der Waals surface area contributed by atoms with Gasteiger partial charge in [0.15, 0.2) is 17.5 Å². The van der Waals surface area contributed by atoms with Crippen LogP contribution in [0.3, 0.4) is 0 Å². The summed E-state index contributed by atoms with van der Waals surface area (Å²) in [5.41, 5.74) is 2.44. The Bertz CT molecular complexity index is 701. The number of nitrogens with one attached hydrogen (secondary N) is 2. The van der Waals surface area contributed by atoms with Gasteiger partial charge >= 0.3 is 0 Å². The molecule has 0 bridgehead atoms. The second-order valence-electron chi connectivity index (χ2n) is 5.71. The molecule has 0 fully saturated rings. The molecule has 1 unspecified atom stereocenters. The number of fused-ring (bicyclic) bond motifs is 1. The molecule has 0 aromatic heterocycles. The SMILES string of the molecule is CN=C(NCCc1ccc2c(c1)OCO2)NC(C)c1ccccc1. The largest absolute Gasteiger partial charge is 0.454 e. The minimum Gasteiger partial charge on any atom is -0.454 e. The molecule has 2 aromatic rings. The molecule has 0 aliphatic carbocycles. The van der Waals surface area contributed by atoms with E-state index in [0.29, 0.717) is 6.79 Å². The van der Waals surface area contributed by atoms with E-state index < -0.39 is 0 Å². The molecule has 0 amide bonds. The highest BCUT2D eigenvalue weighted by Crippen LogP contribution is 2.32. The normalized spacial score (nSPS) is 14.3. The van der Waals surface area contributed by atoms with E-state index in [-0.39, 0.29) is 6.04 Å². The summed E-state index contributed by atoms with van der Waals surface area (Å²) in [6, 6.07) is 16.6. The predicted octanol–water partition coefficient (Wildman–Crippen LogP) is 2.88. The first-order valence-corrected chi connectivity index (χ1v) is 8.17. The average molecular weight is 325 g/mol. The van der Waals surface area contributed by atoms with Gasteiger partial charge in [0.05, 0.1) is 6.04 Å². The molecule has 0 saturated carbocycles. The second kappa shape index (κ2) is 7.73. The van der Waals surface area contributed by atoms with E-state index in [9.17, 15) is 0 Å². The number of ether oxygens (including phenoxy) is 2. The molecule has 2 aromatic carbocycles. The summed E-state index contributed by atoms with van der Waals surface area (Å²) in [5.74, 6) is 2.45. The minimum atomic E-state index is 0.197. The van der Waals surface area contributed by atoms with Crippen molar-refractivity contribution in [3.05, 3.63) is 59.7 Å². The van der Waals surface area contributed by atoms with Gasteiger partial charge < -0.3 is 20.1 Å². The number of aliphatic imine (C=N–C) groups is 1. The Morgan fingerprint density at radius 1 is 1.12 bits per heavy atom. The van der Waals surface area contributed by atoms with Crippen molar-refractivity contribution in [3.63, 3.8) is 0 Å². The molecule has 24 heavy (non-hydrogen) atoms. The molecule has 0 radical (unpaired) electrons. The van der Waals surface area contributed by atoms with Gasteiger partial charge in [0.1, 0.15) is 0 Å². The molecule has 126 valence electrons. The quantitative estimate of drug-likeness (QED) is 0.656. The van der Waals surface area contributed by atoms with Crippen LogP contribution in [-0.2, 0) is 6.42 Å². The summed E-state index contributed by atoms with van der Waals surface area (Å²) in [7, 11) is 1.79. The highest BCUT2D eigenvalue weighted by molar-refractivity contribution is 5.80. The standard InChI is InChI=1S/C19H23N3O2/c1-14(16-6-4-3-5-7-16)22-19(20-2)21-11-10-15-8-9-17-18(12-15)24-13-23-17/h3-9,12,14H,10-11,13H2,1-2H3,(H2,20,21,22). The van der Waals surface area contributed by atoms with Crippen molar-refractivity contribution in [2.24, 2.45) is 4.99 Å². The molecular weight excluding hydrogens is 302 g/mol. The Labute approximate surface area is 142 Å². The zero-order chi connectivity index (χ0) is 16.8. The van der Waals surface area contributed by atoms with Crippen molar-refractivity contribution in [2.45, 2.75) is 19.4 Å². The average Bonchev–Trinajstić information content (AvgIpc) is 3.09. The van der Waals surface area contributed by atoms with Crippen LogP contribution in [0.4, 0.5) is 0 Å². The Morgan fingerprint density at radius 2 is 1.92 bits per heavy atom. The highest BCUT2D eigenvalue weighted by atomic mass is 16.7. The van der Waals surface area contributed by atoms with Crippen molar-refractivity contribution < 1.29 is 9.47 Å². The lowest BCUT2D eigenvalue weighted by Gasteiger charge is -2.18. The lowest BCUT2D eigenvalue weighted by molar-refractivity contribution is 0.174. The van der Waals surface area contributed by atoms with Crippen LogP contribution in [-0.4, -0.2) is 26.3 Å². The molecule has 1 atom stereocenters. The molecule has 1 aliphatic heterocycles. The lowest BCUT2D eigenvalue weighted by Crippen LogP contribution is -2.39. The molecule has 5 nitrogen and oxygen atoms in total. The van der Waals surface area contributed by atoms with Gasteiger partial charge in [-0.2, -0.15) is 0 Å². The van der Waals surface area contributed by atoms with Crippen LogP contribution in [0.2, 0.25) is 0 Å². The van der Waals surface area contributed by atoms with Crippen LogP contribution in [0.5, 0.6) is 11.5 Å². The molecule has 0 spiro atoms. The predicted molar refractivity (Wildman–Crippen MR) is 95.6 cm³/mol. The molecule has 3 rings (SSSR count). The van der Waals surface area contributed by atoms with E-state index in [1.165, 1.54) is 11.1 Å². The van der Waals surface area contributed by atoms with E-state index in [1.54, 1.807) is 7.05 Å². The first-order chi connectivity index (χ1) is 11.8. The van der Waals surface area contributed by atoms with Crippen molar-refractivity contribution in [1.82, 2.24) is 10.6 Å². The number of hydrogen-bond donors (Lipinski definition) is 2. The summed E-state index contributed by atoms with van der Waals surface area (Å²) in [6.07, 6.45) is 0.886. The fourth-order valence-electron chi connectivity index (χ4n) is 2.65. The number of rotatable bonds is 5. The van der Waals surface area contributed by atoms with E-state index in [2.05, 4.69) is 40.7 Å². The topological polar surface area (TPSA) is 54.9 Å². The third-order valence-corrected chi connectivity index (χ3v) is 4.02. The fourth-order valence-corrected chi connectivity index (χ4v) is 2.65. The Hall–Kier alpha value is -2.69. The van der Waals surface area contributed by atoms with Gasteiger partial charge in [-0.05, 0) is 36.6 Å². The van der Waals surface area contributed by atoms with E-state index in [1.807, 2.05) is 30.3 Å². The van der Waals surface area contributed by atoms with Crippen molar-refractivity contribution >= 4 is 5.96 Å². The van der Waals surface area contributed by atoms with Gasteiger partial charge in [-0.3, -0.25) is 4.99 Å². The summed E-state index contributed by atoms with van der Waals surface area (Å²) in [6.45, 7) is 3.23. The molecule has 1 aliphatic rings. The van der Waals surface area contributed by atoms with Gasteiger partial charge in [-0.25, -0.2) is 0 Å². The Morgan fingerprint density at radius 3 is 2.71 bits per heavy atom. The maximum Gasteiger partial charge on any atom is 0.231 e. The number of hydrogen-bond acceptors (Lipinski definition) is 3. The van der Waals surface area contributed by atoms with Crippen molar-refractivity contribution in [2.75, 3.05) is 20.4 Å². The molecule has 2 N–H and O–H groups in total. The Balaban J connectivity index is 1.49. The van der Waals surface area contributed by atoms with Crippen LogP contribution in [0.25, 0.3) is 0 Å². The van der Waals surface area contributed by atoms with Gasteiger partial charge in [-0.15, -0.1) is 0 Å². The zero-order valence-electron chi connectivity index (χ0n) is 14.1. The third-order valence-electron chi connectivity index (χ3n) is 4.02. The van der Waals surface area contributed by atoms with E-state index >= 15 is 0 Å². The number of nitrogens with zero attached hydrogens (tertiary/aromatic N) is 1. The smallest absolute Gasteiger partial charge is 0.231 e. The van der Waals surface area contributed by atoms with Gasteiger partial charge in [-0.1, -0.05) is 36.4 Å². The van der Waals surface area contributed by atoms with Crippen LogP contribution >= 0.6 is 0 Å². The monoisotopic (exact) mass is 325 g/mol. The minimum absolute atomic E-state index is 0.197. The summed E-state index contributed by atoms with van der Waals surface area (Å²) in [4.78, 5) is 4.29. The summed E-state index contributed by atoms with van der Waals surface area (Å²) >= 11 is 0. The number of benzene rings is 2. The summed E-state index contributed by atoms with van der Waals surface area (Å²) < 4.78 is 10.7. The zero-order valence-corrected chi connectivity index (χ0v) is 14.1. The number of guanidine groups is 1. The maximum atomic E-state index is 5.41. The van der Waals surface area contributed by atoms with E-state index in [4.69, 9.17) is 9.47 Å². The molecule has 1 heterocycles. The summed E-state index contributed by atoms with van der Waals surface area (Å²) in [5, 5.41) is 6.76. The van der Waals surface area contributed by atoms with Crippen molar-refractivity contribution in [1.29, 1.82) is 0 Å². The van der Waals surface area contributed by atoms with Gasteiger partial charge in [0.2, 0.25) is 6.79 Å². The second-order valence-corrected chi connectivity index (χ2v) is 5.71. The van der Waals surface area contributed by atoms with Gasteiger partial charge in [0.25, 0.3) is 0 Å². The van der Waals surface area contributed by atoms with Crippen LogP contribution in [0.15, 0.2) is 53.5 Å². The van der Waals surface area contributed by atoms with Crippen LogP contribution in [0, 0.1) is 0 Å². The fraction of sp³-hybridized carbons (Fsp3) is 0.316.